The summed E-state index contributed by atoms with van der Waals surface area (Å²) in [4.78, 5) is 13.1. The van der Waals surface area contributed by atoms with E-state index in [1.165, 1.54) is 16.7 Å². The number of rotatable bonds is 0. The zero-order chi connectivity index (χ0) is 13.7. The average Bonchev–Trinajstić information content (AvgIpc) is 2.41. The molecular weight excluding hydrogens is 220 g/mol. The van der Waals surface area contributed by atoms with Crippen molar-refractivity contribution in [3.63, 3.8) is 0 Å². The lowest BCUT2D eigenvalue weighted by atomic mass is 9.52. The summed E-state index contributed by atoms with van der Waals surface area (Å²) in [6.45, 7) is 17.7. The maximum Gasteiger partial charge on any atom is 0.150 e. The van der Waals surface area contributed by atoms with Crippen LogP contribution in [0.1, 0.15) is 54.4 Å². The minimum absolute atomic E-state index is 0.0131. The van der Waals surface area contributed by atoms with Gasteiger partial charge in [-0.3, -0.25) is 4.79 Å². The summed E-state index contributed by atoms with van der Waals surface area (Å²) in [5.41, 5.74) is 3.47. The first-order valence-corrected chi connectivity index (χ1v) is 6.97. The molecule has 0 radical (unpaired) electrons. The highest BCUT2D eigenvalue weighted by Crippen LogP contribution is 2.78. The van der Waals surface area contributed by atoms with E-state index < -0.39 is 0 Å². The molecule has 3 rings (SSSR count). The van der Waals surface area contributed by atoms with Crippen LogP contribution in [0.15, 0.2) is 23.3 Å². The normalized spacial score (nSPS) is 54.6. The maximum atomic E-state index is 13.1. The van der Waals surface area contributed by atoms with Crippen LogP contribution in [0.5, 0.6) is 0 Å². The van der Waals surface area contributed by atoms with Gasteiger partial charge in [-0.1, -0.05) is 44.1 Å². The van der Waals surface area contributed by atoms with Crippen molar-refractivity contribution in [1.29, 1.82) is 0 Å². The average molecular weight is 244 g/mol. The topological polar surface area (TPSA) is 17.1 Å². The molecule has 2 fully saturated rings. The van der Waals surface area contributed by atoms with Crippen LogP contribution in [0.2, 0.25) is 0 Å². The van der Waals surface area contributed by atoms with Crippen molar-refractivity contribution in [1.82, 2.24) is 0 Å². The lowest BCUT2D eigenvalue weighted by Crippen LogP contribution is -2.49. The first kappa shape index (κ1) is 12.2. The molecule has 3 bridgehead atoms. The number of Topliss-reactive ketones (excluding diaryl/α,β-unsaturated/α-hetero) is 1. The van der Waals surface area contributed by atoms with E-state index in [9.17, 15) is 4.79 Å². The lowest BCUT2D eigenvalue weighted by Gasteiger charge is -2.50. The Morgan fingerprint density at radius 1 is 0.944 bits per heavy atom. The molecule has 0 aromatic carbocycles. The van der Waals surface area contributed by atoms with E-state index in [0.717, 1.165) is 12.8 Å². The number of ketones is 1. The Morgan fingerprint density at radius 2 is 1.50 bits per heavy atom. The zero-order valence-corrected chi connectivity index (χ0v) is 12.5. The Labute approximate surface area is 110 Å². The molecule has 4 unspecified atom stereocenters. The predicted octanol–water partition coefficient (Wildman–Crippen LogP) is 4.29. The molecule has 1 nitrogen and oxygen atoms in total. The van der Waals surface area contributed by atoms with Gasteiger partial charge in [0.15, 0.2) is 0 Å². The molecule has 3 aliphatic carbocycles. The number of hydrogen-bond acceptors (Lipinski definition) is 1. The van der Waals surface area contributed by atoms with E-state index in [2.05, 4.69) is 48.1 Å². The standard InChI is InChI=1S/C17H24O/c1-10-8-14(4)11(2)12(3)17(7)13(18)16(14,6)9-15(10,17)5/h1,8-9H2,2-7H3. The summed E-state index contributed by atoms with van der Waals surface area (Å²) in [6, 6.07) is 0. The Balaban J connectivity index is 2.48. The second-order valence-corrected chi connectivity index (χ2v) is 7.66. The monoisotopic (exact) mass is 244 g/mol. The van der Waals surface area contributed by atoms with Crippen LogP contribution >= 0.6 is 0 Å². The Hall–Kier alpha value is -0.850. The quantitative estimate of drug-likeness (QED) is 0.581. The van der Waals surface area contributed by atoms with Crippen molar-refractivity contribution in [3.8, 4) is 0 Å². The van der Waals surface area contributed by atoms with Crippen molar-refractivity contribution < 1.29 is 4.79 Å². The van der Waals surface area contributed by atoms with Gasteiger partial charge in [0.05, 0.1) is 5.41 Å². The van der Waals surface area contributed by atoms with Crippen LogP contribution in [0.4, 0.5) is 0 Å². The molecule has 1 heteroatoms. The predicted molar refractivity (Wildman–Crippen MR) is 74.2 cm³/mol. The fourth-order valence-corrected chi connectivity index (χ4v) is 5.43. The molecule has 0 aromatic heterocycles. The summed E-state index contributed by atoms with van der Waals surface area (Å²) in [7, 11) is 0. The molecule has 4 atom stereocenters. The molecule has 0 heterocycles. The SMILES string of the molecule is C=C1CC2(C)C(C)=C(C)C3(C)C(=O)C2(C)CC13C. The van der Waals surface area contributed by atoms with Gasteiger partial charge >= 0.3 is 0 Å². The van der Waals surface area contributed by atoms with Crippen molar-refractivity contribution >= 4 is 5.78 Å². The number of carbonyl (C=O) groups excluding carboxylic acids is 1. The fraction of sp³-hybridized carbons (Fsp3) is 0.706. The van der Waals surface area contributed by atoms with Crippen LogP contribution in [0.3, 0.4) is 0 Å². The number of fused-ring (bicyclic) bond motifs is 3. The van der Waals surface area contributed by atoms with Crippen LogP contribution in [-0.2, 0) is 4.79 Å². The first-order chi connectivity index (χ1) is 8.06. The smallest absolute Gasteiger partial charge is 0.150 e. The van der Waals surface area contributed by atoms with Crippen LogP contribution in [-0.4, -0.2) is 5.78 Å². The largest absolute Gasteiger partial charge is 0.298 e. The summed E-state index contributed by atoms with van der Waals surface area (Å²) in [6.07, 6.45) is 1.95. The molecule has 0 aromatic rings. The number of allylic oxidation sites excluding steroid dienone is 3. The van der Waals surface area contributed by atoms with Gasteiger partial charge in [-0.25, -0.2) is 0 Å². The zero-order valence-electron chi connectivity index (χ0n) is 12.5. The lowest BCUT2D eigenvalue weighted by molar-refractivity contribution is -0.137. The van der Waals surface area contributed by atoms with E-state index in [1.54, 1.807) is 0 Å². The van der Waals surface area contributed by atoms with Crippen LogP contribution in [0, 0.1) is 21.7 Å². The van der Waals surface area contributed by atoms with Crippen LogP contribution < -0.4 is 0 Å². The molecular formula is C17H24O. The molecule has 0 saturated heterocycles. The fourth-order valence-electron chi connectivity index (χ4n) is 5.43. The van der Waals surface area contributed by atoms with Gasteiger partial charge in [0, 0.05) is 16.2 Å². The minimum atomic E-state index is -0.321. The summed E-state index contributed by atoms with van der Waals surface area (Å²) in [5.74, 6) is 0.460. The van der Waals surface area contributed by atoms with E-state index >= 15 is 0 Å². The van der Waals surface area contributed by atoms with Gasteiger partial charge in [-0.15, -0.1) is 0 Å². The van der Waals surface area contributed by atoms with Crippen molar-refractivity contribution in [2.75, 3.05) is 0 Å². The second kappa shape index (κ2) is 2.69. The van der Waals surface area contributed by atoms with Gasteiger partial charge in [-0.05, 0) is 33.6 Å². The highest BCUT2D eigenvalue weighted by atomic mass is 16.1. The molecule has 0 aliphatic heterocycles. The number of carbonyl (C=O) groups is 1. The van der Waals surface area contributed by atoms with Gasteiger partial charge < -0.3 is 0 Å². The Bertz CT molecular complexity index is 540. The van der Waals surface area contributed by atoms with E-state index in [0.29, 0.717) is 5.78 Å². The van der Waals surface area contributed by atoms with E-state index in [1.807, 2.05) is 0 Å². The Kier molecular flexibility index (Phi) is 1.82. The van der Waals surface area contributed by atoms with Gasteiger partial charge in [-0.2, -0.15) is 0 Å². The minimum Gasteiger partial charge on any atom is -0.298 e. The summed E-state index contributed by atoms with van der Waals surface area (Å²) >= 11 is 0. The van der Waals surface area contributed by atoms with Crippen molar-refractivity contribution in [3.05, 3.63) is 23.3 Å². The van der Waals surface area contributed by atoms with Crippen molar-refractivity contribution in [2.24, 2.45) is 21.7 Å². The summed E-state index contributed by atoms with van der Waals surface area (Å²) < 4.78 is 0. The third-order valence-electron chi connectivity index (χ3n) is 7.47. The van der Waals surface area contributed by atoms with E-state index in [-0.39, 0.29) is 21.7 Å². The molecule has 0 N–H and O–H groups in total. The van der Waals surface area contributed by atoms with Gasteiger partial charge in [0.2, 0.25) is 0 Å². The van der Waals surface area contributed by atoms with Gasteiger partial charge in [0.25, 0.3) is 0 Å². The highest BCUT2D eigenvalue weighted by Gasteiger charge is 2.76. The van der Waals surface area contributed by atoms with E-state index in [4.69, 9.17) is 0 Å². The Morgan fingerprint density at radius 3 is 2.06 bits per heavy atom. The molecule has 0 amide bonds. The third kappa shape index (κ3) is 0.785. The van der Waals surface area contributed by atoms with Crippen molar-refractivity contribution in [2.45, 2.75) is 54.4 Å². The second-order valence-electron chi connectivity index (χ2n) is 7.66. The highest BCUT2D eigenvalue weighted by molar-refractivity contribution is 6.00. The molecule has 18 heavy (non-hydrogen) atoms. The van der Waals surface area contributed by atoms with Crippen LogP contribution in [0.25, 0.3) is 0 Å². The number of hydrogen-bond donors (Lipinski definition) is 0. The molecule has 0 spiro atoms. The molecule has 3 aliphatic rings. The molecule has 2 saturated carbocycles. The molecule has 98 valence electrons. The first-order valence-electron chi connectivity index (χ1n) is 6.97. The summed E-state index contributed by atoms with van der Waals surface area (Å²) in [5, 5.41) is 0. The maximum absolute atomic E-state index is 13.1. The third-order valence-corrected chi connectivity index (χ3v) is 7.47. The van der Waals surface area contributed by atoms with Gasteiger partial charge in [0.1, 0.15) is 5.78 Å².